The average Bonchev–Trinajstić information content (AvgIpc) is 2.97. The topological polar surface area (TPSA) is 21.3 Å². The molecule has 20 heavy (non-hydrogen) atoms. The fourth-order valence-electron chi connectivity index (χ4n) is 3.34. The SMILES string of the molecule is CCCNC(c1cccs1)C1(OCC)CCC(C)CC1. The van der Waals surface area contributed by atoms with Crippen LogP contribution < -0.4 is 5.32 Å². The molecule has 1 aliphatic carbocycles. The fourth-order valence-corrected chi connectivity index (χ4v) is 4.25. The first-order valence-corrected chi connectivity index (χ1v) is 9.00. The second kappa shape index (κ2) is 7.58. The van der Waals surface area contributed by atoms with Crippen molar-refractivity contribution in [2.75, 3.05) is 13.2 Å². The van der Waals surface area contributed by atoms with Crippen molar-refractivity contribution in [3.63, 3.8) is 0 Å². The number of thiophene rings is 1. The highest BCUT2D eigenvalue weighted by atomic mass is 32.1. The van der Waals surface area contributed by atoms with Crippen LogP contribution in [0.3, 0.4) is 0 Å². The third-order valence-corrected chi connectivity index (χ3v) is 5.44. The molecule has 3 heteroatoms. The first-order valence-electron chi connectivity index (χ1n) is 8.12. The molecular formula is C17H29NOS. The normalized spacial score (nSPS) is 28.4. The second-order valence-electron chi connectivity index (χ2n) is 6.08. The molecule has 0 amide bonds. The van der Waals surface area contributed by atoms with Crippen molar-refractivity contribution in [3.8, 4) is 0 Å². The largest absolute Gasteiger partial charge is 0.373 e. The van der Waals surface area contributed by atoms with Crippen molar-refractivity contribution in [2.24, 2.45) is 5.92 Å². The van der Waals surface area contributed by atoms with Crippen molar-refractivity contribution in [3.05, 3.63) is 22.4 Å². The summed E-state index contributed by atoms with van der Waals surface area (Å²) in [6.07, 6.45) is 6.11. The molecule has 1 aliphatic rings. The van der Waals surface area contributed by atoms with Gasteiger partial charge in [-0.3, -0.25) is 0 Å². The van der Waals surface area contributed by atoms with Crippen LogP contribution >= 0.6 is 11.3 Å². The smallest absolute Gasteiger partial charge is 0.0884 e. The molecule has 1 aromatic heterocycles. The quantitative estimate of drug-likeness (QED) is 0.782. The molecule has 0 aliphatic heterocycles. The summed E-state index contributed by atoms with van der Waals surface area (Å²) >= 11 is 1.86. The van der Waals surface area contributed by atoms with Crippen LogP contribution in [0.15, 0.2) is 17.5 Å². The lowest BCUT2D eigenvalue weighted by Crippen LogP contribution is -2.48. The van der Waals surface area contributed by atoms with E-state index >= 15 is 0 Å². The highest BCUT2D eigenvalue weighted by Gasteiger charge is 2.42. The van der Waals surface area contributed by atoms with Crippen molar-refractivity contribution >= 4 is 11.3 Å². The molecule has 2 rings (SSSR count). The maximum atomic E-state index is 6.35. The first-order chi connectivity index (χ1) is 9.72. The van der Waals surface area contributed by atoms with Crippen molar-refractivity contribution in [1.29, 1.82) is 0 Å². The summed E-state index contributed by atoms with van der Waals surface area (Å²) in [4.78, 5) is 1.43. The Bertz CT molecular complexity index is 368. The number of hydrogen-bond acceptors (Lipinski definition) is 3. The maximum absolute atomic E-state index is 6.35. The predicted octanol–water partition coefficient (Wildman–Crippen LogP) is 4.77. The molecule has 1 atom stereocenters. The van der Waals surface area contributed by atoms with Gasteiger partial charge in [0.2, 0.25) is 0 Å². The Morgan fingerprint density at radius 1 is 1.40 bits per heavy atom. The lowest BCUT2D eigenvalue weighted by molar-refractivity contribution is -0.0968. The van der Waals surface area contributed by atoms with Crippen LogP contribution in [0.5, 0.6) is 0 Å². The molecule has 114 valence electrons. The molecule has 1 heterocycles. The van der Waals surface area contributed by atoms with Gasteiger partial charge in [-0.25, -0.2) is 0 Å². The van der Waals surface area contributed by atoms with Gasteiger partial charge in [0.15, 0.2) is 0 Å². The fraction of sp³-hybridized carbons (Fsp3) is 0.765. The molecule has 0 bridgehead atoms. The summed E-state index contributed by atoms with van der Waals surface area (Å²) in [5.74, 6) is 0.846. The minimum absolute atomic E-state index is 0.00127. The van der Waals surface area contributed by atoms with E-state index < -0.39 is 0 Å². The van der Waals surface area contributed by atoms with Gasteiger partial charge < -0.3 is 10.1 Å². The summed E-state index contributed by atoms with van der Waals surface area (Å²) in [5.41, 5.74) is 0.00127. The van der Waals surface area contributed by atoms with Crippen molar-refractivity contribution in [2.45, 2.75) is 64.5 Å². The molecule has 1 unspecified atom stereocenters. The highest BCUT2D eigenvalue weighted by molar-refractivity contribution is 7.10. The zero-order chi connectivity index (χ0) is 14.4. The van der Waals surface area contributed by atoms with E-state index in [1.165, 1.54) is 37.0 Å². The maximum Gasteiger partial charge on any atom is 0.0884 e. The zero-order valence-electron chi connectivity index (χ0n) is 13.2. The van der Waals surface area contributed by atoms with Crippen LogP contribution in [0.1, 0.15) is 63.8 Å². The summed E-state index contributed by atoms with van der Waals surface area (Å²) in [7, 11) is 0. The van der Waals surface area contributed by atoms with E-state index in [1.807, 2.05) is 11.3 Å². The standard InChI is InChI=1S/C17H29NOS/c1-4-12-18-16(15-7-6-13-20-15)17(19-5-2)10-8-14(3)9-11-17/h6-7,13-14,16,18H,4-5,8-12H2,1-3H3. The molecule has 0 spiro atoms. The van der Waals surface area contributed by atoms with Gasteiger partial charge in [0.25, 0.3) is 0 Å². The van der Waals surface area contributed by atoms with Gasteiger partial charge in [-0.15, -0.1) is 11.3 Å². The van der Waals surface area contributed by atoms with Gasteiger partial charge in [0.05, 0.1) is 11.6 Å². The zero-order valence-corrected chi connectivity index (χ0v) is 14.0. The lowest BCUT2D eigenvalue weighted by atomic mass is 9.74. The highest BCUT2D eigenvalue weighted by Crippen LogP contribution is 2.44. The minimum atomic E-state index is 0.00127. The Kier molecular flexibility index (Phi) is 6.06. The van der Waals surface area contributed by atoms with Crippen LogP contribution in [-0.4, -0.2) is 18.8 Å². The van der Waals surface area contributed by atoms with E-state index in [0.717, 1.165) is 19.1 Å². The molecule has 0 saturated heterocycles. The predicted molar refractivity (Wildman–Crippen MR) is 87.3 cm³/mol. The molecule has 2 nitrogen and oxygen atoms in total. The minimum Gasteiger partial charge on any atom is -0.373 e. The van der Waals surface area contributed by atoms with Gasteiger partial charge in [0.1, 0.15) is 0 Å². The Hall–Kier alpha value is -0.380. The summed E-state index contributed by atoms with van der Waals surface area (Å²) in [6.45, 7) is 8.60. The number of hydrogen-bond donors (Lipinski definition) is 1. The van der Waals surface area contributed by atoms with E-state index in [-0.39, 0.29) is 5.60 Å². The van der Waals surface area contributed by atoms with Gasteiger partial charge in [-0.2, -0.15) is 0 Å². The first kappa shape index (κ1) is 16.0. The number of nitrogens with one attached hydrogen (secondary N) is 1. The van der Waals surface area contributed by atoms with Crippen LogP contribution in [0.4, 0.5) is 0 Å². The Morgan fingerprint density at radius 2 is 2.15 bits per heavy atom. The van der Waals surface area contributed by atoms with E-state index in [1.54, 1.807) is 0 Å². The molecule has 0 aromatic carbocycles. The number of rotatable bonds is 7. The number of ether oxygens (including phenoxy) is 1. The molecule has 1 saturated carbocycles. The van der Waals surface area contributed by atoms with Crippen molar-refractivity contribution < 1.29 is 4.74 Å². The lowest BCUT2D eigenvalue weighted by Gasteiger charge is -2.45. The molecule has 1 aromatic rings. The van der Waals surface area contributed by atoms with E-state index in [0.29, 0.717) is 6.04 Å². The monoisotopic (exact) mass is 295 g/mol. The van der Waals surface area contributed by atoms with Gasteiger partial charge >= 0.3 is 0 Å². The molecule has 0 radical (unpaired) electrons. The van der Waals surface area contributed by atoms with E-state index in [2.05, 4.69) is 43.6 Å². The van der Waals surface area contributed by atoms with Crippen LogP contribution in [0.2, 0.25) is 0 Å². The Balaban J connectivity index is 2.22. The van der Waals surface area contributed by atoms with Crippen molar-refractivity contribution in [1.82, 2.24) is 5.32 Å². The van der Waals surface area contributed by atoms with Gasteiger partial charge in [-0.05, 0) is 62.9 Å². The summed E-state index contributed by atoms with van der Waals surface area (Å²) in [6, 6.07) is 4.78. The summed E-state index contributed by atoms with van der Waals surface area (Å²) in [5, 5.41) is 5.95. The average molecular weight is 295 g/mol. The van der Waals surface area contributed by atoms with Crippen LogP contribution in [0.25, 0.3) is 0 Å². The van der Waals surface area contributed by atoms with Gasteiger partial charge in [0, 0.05) is 11.5 Å². The van der Waals surface area contributed by atoms with Crippen LogP contribution in [0, 0.1) is 5.92 Å². The second-order valence-corrected chi connectivity index (χ2v) is 7.06. The third kappa shape index (κ3) is 3.63. The molecule has 1 fully saturated rings. The van der Waals surface area contributed by atoms with Crippen LogP contribution in [-0.2, 0) is 4.74 Å². The molecular weight excluding hydrogens is 266 g/mol. The Morgan fingerprint density at radius 3 is 2.70 bits per heavy atom. The Labute approximate surface area is 127 Å². The van der Waals surface area contributed by atoms with E-state index in [4.69, 9.17) is 4.74 Å². The van der Waals surface area contributed by atoms with E-state index in [9.17, 15) is 0 Å². The summed E-state index contributed by atoms with van der Waals surface area (Å²) < 4.78 is 6.35. The molecule has 1 N–H and O–H groups in total. The van der Waals surface area contributed by atoms with Gasteiger partial charge in [-0.1, -0.05) is 19.9 Å². The third-order valence-electron chi connectivity index (χ3n) is 4.50.